The highest BCUT2D eigenvalue weighted by molar-refractivity contribution is 8.01. The fourth-order valence-corrected chi connectivity index (χ4v) is 4.83. The Hall–Kier alpha value is -1.40. The number of carbonyl (C=O) groups is 2. The molecule has 0 bridgehead atoms. The van der Waals surface area contributed by atoms with Crippen molar-refractivity contribution < 1.29 is 19.1 Å². The zero-order valence-corrected chi connectivity index (χ0v) is 14.7. The monoisotopic (exact) mass is 355 g/mol. The highest BCUT2D eigenvalue weighted by atomic mass is 35.5. The number of β-lactam (4-membered cyclic amide) rings is 1. The normalized spacial score (nSPS) is 28.1. The van der Waals surface area contributed by atoms with Crippen molar-refractivity contribution in [3.8, 4) is 5.75 Å². The van der Waals surface area contributed by atoms with E-state index in [2.05, 4.69) is 0 Å². The van der Waals surface area contributed by atoms with Crippen molar-refractivity contribution in [2.45, 2.75) is 42.0 Å². The summed E-state index contributed by atoms with van der Waals surface area (Å²) in [6.07, 6.45) is 0. The van der Waals surface area contributed by atoms with Crippen molar-refractivity contribution in [3.63, 3.8) is 0 Å². The molecule has 124 valence electrons. The number of methoxy groups -OCH3 is 1. The number of thioether (sulfide) groups is 1. The molecular weight excluding hydrogens is 338 g/mol. The van der Waals surface area contributed by atoms with E-state index in [1.807, 2.05) is 38.1 Å². The molecule has 0 saturated carbocycles. The van der Waals surface area contributed by atoms with Gasteiger partial charge in [-0.1, -0.05) is 12.1 Å². The minimum Gasteiger partial charge on any atom is -0.497 e. The van der Waals surface area contributed by atoms with Crippen molar-refractivity contribution in [1.29, 1.82) is 0 Å². The second-order valence-electron chi connectivity index (χ2n) is 6.12. The lowest BCUT2D eigenvalue weighted by molar-refractivity contribution is -0.161. The topological polar surface area (TPSA) is 55.8 Å². The molecule has 3 rings (SSSR count). The number of alkyl halides is 1. The minimum atomic E-state index is -0.599. The Bertz CT molecular complexity index is 633. The van der Waals surface area contributed by atoms with Crippen LogP contribution in [-0.2, 0) is 20.9 Å². The molecule has 0 spiro atoms. The Morgan fingerprint density at radius 3 is 2.61 bits per heavy atom. The van der Waals surface area contributed by atoms with Crippen molar-refractivity contribution in [2.24, 2.45) is 0 Å². The van der Waals surface area contributed by atoms with Crippen LogP contribution in [0.3, 0.4) is 0 Å². The van der Waals surface area contributed by atoms with E-state index < -0.39 is 22.1 Å². The van der Waals surface area contributed by atoms with E-state index in [0.29, 0.717) is 0 Å². The van der Waals surface area contributed by atoms with Crippen molar-refractivity contribution in [1.82, 2.24) is 4.90 Å². The summed E-state index contributed by atoms with van der Waals surface area (Å²) in [5, 5.41) is -0.684. The van der Waals surface area contributed by atoms with Gasteiger partial charge >= 0.3 is 5.97 Å². The lowest BCUT2D eigenvalue weighted by Gasteiger charge is -2.40. The number of hydrogen-bond donors (Lipinski definition) is 0. The number of esters is 1. The third kappa shape index (κ3) is 2.78. The van der Waals surface area contributed by atoms with E-state index in [4.69, 9.17) is 21.1 Å². The average molecular weight is 356 g/mol. The van der Waals surface area contributed by atoms with Crippen LogP contribution in [-0.4, -0.2) is 45.4 Å². The van der Waals surface area contributed by atoms with Crippen molar-refractivity contribution >= 4 is 35.2 Å². The lowest BCUT2D eigenvalue weighted by atomic mass is 9.98. The summed E-state index contributed by atoms with van der Waals surface area (Å²) < 4.78 is 10.1. The van der Waals surface area contributed by atoms with Crippen molar-refractivity contribution in [3.05, 3.63) is 29.8 Å². The number of benzene rings is 1. The molecule has 1 amide bonds. The molecule has 1 aromatic carbocycles. The first-order valence-corrected chi connectivity index (χ1v) is 8.60. The van der Waals surface area contributed by atoms with Gasteiger partial charge in [-0.3, -0.25) is 4.79 Å². The van der Waals surface area contributed by atoms with E-state index >= 15 is 0 Å². The van der Waals surface area contributed by atoms with Gasteiger partial charge in [0.2, 0.25) is 5.91 Å². The third-order valence-corrected chi connectivity index (χ3v) is 6.29. The largest absolute Gasteiger partial charge is 0.497 e. The molecule has 0 aliphatic carbocycles. The molecule has 1 aromatic rings. The maximum atomic E-state index is 12.5. The van der Waals surface area contributed by atoms with E-state index in [9.17, 15) is 9.59 Å². The van der Waals surface area contributed by atoms with Crippen LogP contribution in [0.2, 0.25) is 0 Å². The van der Waals surface area contributed by atoms with E-state index in [-0.39, 0.29) is 17.9 Å². The Balaban J connectivity index is 1.66. The molecule has 5 nitrogen and oxygen atoms in total. The van der Waals surface area contributed by atoms with Crippen molar-refractivity contribution in [2.75, 3.05) is 7.11 Å². The molecule has 2 fully saturated rings. The average Bonchev–Trinajstić information content (AvgIpc) is 2.81. The molecule has 0 aromatic heterocycles. The van der Waals surface area contributed by atoms with Gasteiger partial charge < -0.3 is 14.4 Å². The fourth-order valence-electron chi connectivity index (χ4n) is 2.90. The molecule has 1 unspecified atom stereocenters. The quantitative estimate of drug-likeness (QED) is 0.471. The van der Waals surface area contributed by atoms with E-state index in [1.54, 1.807) is 23.8 Å². The number of carbonyl (C=O) groups excluding carboxylic acids is 2. The maximum Gasteiger partial charge on any atom is 0.330 e. The first kappa shape index (κ1) is 16.5. The first-order chi connectivity index (χ1) is 10.8. The predicted octanol–water partition coefficient (Wildman–Crippen LogP) is 2.41. The molecular formula is C16H18ClNO4S. The molecule has 0 radical (unpaired) electrons. The highest BCUT2D eigenvalue weighted by Crippen LogP contribution is 2.52. The number of hydrogen-bond acceptors (Lipinski definition) is 5. The smallest absolute Gasteiger partial charge is 0.330 e. The van der Waals surface area contributed by atoms with E-state index in [0.717, 1.165) is 11.3 Å². The Morgan fingerprint density at radius 1 is 1.35 bits per heavy atom. The molecule has 2 aliphatic rings. The molecule has 2 heterocycles. The van der Waals surface area contributed by atoms with Crippen LogP contribution in [0, 0.1) is 0 Å². The Labute approximate surface area is 144 Å². The standard InChI is InChI=1S/C16H18ClNO4S/c1-16(2)12(18-13(19)11(17)14(18)23-16)15(20)22-8-9-4-6-10(21-3)7-5-9/h4-7,11-12,14H,8H2,1-3H3/t11?,12-,14+/m0/s1. The number of halogens is 1. The summed E-state index contributed by atoms with van der Waals surface area (Å²) in [4.78, 5) is 26.0. The number of rotatable bonds is 4. The van der Waals surface area contributed by atoms with E-state index in [1.165, 1.54) is 0 Å². The predicted molar refractivity (Wildman–Crippen MR) is 88.5 cm³/mol. The number of nitrogens with zero attached hydrogens (tertiary/aromatic N) is 1. The van der Waals surface area contributed by atoms with Crippen LogP contribution in [0.4, 0.5) is 0 Å². The van der Waals surface area contributed by atoms with Gasteiger partial charge in [0.25, 0.3) is 0 Å². The molecule has 7 heteroatoms. The first-order valence-electron chi connectivity index (χ1n) is 7.29. The minimum absolute atomic E-state index is 0.141. The molecule has 3 atom stereocenters. The fraction of sp³-hybridized carbons (Fsp3) is 0.500. The molecule has 2 aliphatic heterocycles. The molecule has 23 heavy (non-hydrogen) atoms. The summed E-state index contributed by atoms with van der Waals surface area (Å²) in [5.74, 6) is 0.162. The van der Waals surface area contributed by atoms with Crippen LogP contribution in [0.5, 0.6) is 5.75 Å². The summed E-state index contributed by atoms with van der Waals surface area (Å²) >= 11 is 7.57. The maximum absolute atomic E-state index is 12.5. The van der Waals surface area contributed by atoms with Crippen LogP contribution in [0.25, 0.3) is 0 Å². The lowest BCUT2D eigenvalue weighted by Crippen LogP contribution is -2.63. The SMILES string of the molecule is COc1ccc(COC(=O)[C@@H]2N3C(=O)C(Cl)[C@H]3SC2(C)C)cc1. The van der Waals surface area contributed by atoms with Gasteiger partial charge in [0.05, 0.1) is 7.11 Å². The van der Waals surface area contributed by atoms with Crippen LogP contribution in [0.15, 0.2) is 24.3 Å². The van der Waals surface area contributed by atoms with Crippen LogP contribution >= 0.6 is 23.4 Å². The Morgan fingerprint density at radius 2 is 2.00 bits per heavy atom. The zero-order valence-electron chi connectivity index (χ0n) is 13.1. The highest BCUT2D eigenvalue weighted by Gasteiger charge is 2.63. The number of ether oxygens (including phenoxy) is 2. The Kier molecular flexibility index (Phi) is 4.23. The van der Waals surface area contributed by atoms with Gasteiger partial charge in [-0.05, 0) is 31.5 Å². The van der Waals surface area contributed by atoms with Gasteiger partial charge in [0.15, 0.2) is 0 Å². The summed E-state index contributed by atoms with van der Waals surface area (Å²) in [7, 11) is 1.60. The zero-order chi connectivity index (χ0) is 16.8. The second-order valence-corrected chi connectivity index (χ2v) is 8.36. The summed E-state index contributed by atoms with van der Waals surface area (Å²) in [6.45, 7) is 4.04. The summed E-state index contributed by atoms with van der Waals surface area (Å²) in [6, 6.07) is 6.70. The van der Waals surface area contributed by atoms with Crippen LogP contribution in [0.1, 0.15) is 19.4 Å². The van der Waals surface area contributed by atoms with Gasteiger partial charge in [-0.2, -0.15) is 0 Å². The van der Waals surface area contributed by atoms with Gasteiger partial charge in [0, 0.05) is 4.75 Å². The number of amides is 1. The van der Waals surface area contributed by atoms with Gasteiger partial charge in [-0.25, -0.2) is 4.79 Å². The second kappa shape index (κ2) is 5.91. The van der Waals surface area contributed by atoms with Gasteiger partial charge in [-0.15, -0.1) is 23.4 Å². The third-order valence-electron chi connectivity index (χ3n) is 4.14. The molecule has 0 N–H and O–H groups in total. The van der Waals surface area contributed by atoms with Gasteiger partial charge in [0.1, 0.15) is 29.1 Å². The molecule has 2 saturated heterocycles. The van der Waals surface area contributed by atoms with Crippen LogP contribution < -0.4 is 4.74 Å². The summed E-state index contributed by atoms with van der Waals surface area (Å²) in [5.41, 5.74) is 0.865. The number of fused-ring (bicyclic) bond motifs is 1.